The second kappa shape index (κ2) is 6.75. The topological polar surface area (TPSA) is 93.6 Å². The third-order valence-corrected chi connectivity index (χ3v) is 3.01. The highest BCUT2D eigenvalue weighted by molar-refractivity contribution is 5.93. The van der Waals surface area contributed by atoms with Crippen molar-refractivity contribution in [2.75, 3.05) is 26.1 Å². The number of carboxylic acids is 1. The largest absolute Gasteiger partial charge is 0.493 e. The van der Waals surface area contributed by atoms with Crippen LogP contribution in [0.3, 0.4) is 0 Å². The van der Waals surface area contributed by atoms with E-state index in [0.717, 1.165) is 0 Å². The van der Waals surface area contributed by atoms with E-state index < -0.39 is 5.97 Å². The zero-order chi connectivity index (χ0) is 16.1. The van der Waals surface area contributed by atoms with Crippen molar-refractivity contribution >= 4 is 11.8 Å². The molecule has 22 heavy (non-hydrogen) atoms. The van der Waals surface area contributed by atoms with Crippen LogP contribution in [0.25, 0.3) is 11.4 Å². The molecule has 0 bridgehead atoms. The number of rotatable bonds is 6. The van der Waals surface area contributed by atoms with Gasteiger partial charge in [0, 0.05) is 12.7 Å². The number of hydrogen-bond acceptors (Lipinski definition) is 6. The van der Waals surface area contributed by atoms with E-state index in [2.05, 4.69) is 15.3 Å². The van der Waals surface area contributed by atoms with Crippen LogP contribution >= 0.6 is 0 Å². The predicted molar refractivity (Wildman–Crippen MR) is 81.7 cm³/mol. The molecular formula is C15H17N3O4. The van der Waals surface area contributed by atoms with Crippen molar-refractivity contribution in [3.05, 3.63) is 30.0 Å². The van der Waals surface area contributed by atoms with Crippen molar-refractivity contribution in [2.24, 2.45) is 0 Å². The average molecular weight is 303 g/mol. The summed E-state index contributed by atoms with van der Waals surface area (Å²) in [5.74, 6) is 0.591. The highest BCUT2D eigenvalue weighted by Gasteiger charge is 2.17. The van der Waals surface area contributed by atoms with Crippen molar-refractivity contribution in [3.8, 4) is 22.9 Å². The van der Waals surface area contributed by atoms with E-state index in [4.69, 9.17) is 9.47 Å². The predicted octanol–water partition coefficient (Wildman–Crippen LogP) is 2.29. The van der Waals surface area contributed by atoms with Crippen LogP contribution in [0.1, 0.15) is 17.3 Å². The maximum atomic E-state index is 11.2. The van der Waals surface area contributed by atoms with Crippen LogP contribution < -0.4 is 14.8 Å². The molecule has 1 aromatic carbocycles. The summed E-state index contributed by atoms with van der Waals surface area (Å²) in [7, 11) is 3.07. The maximum Gasteiger partial charge on any atom is 0.341 e. The molecule has 0 aliphatic carbocycles. The average Bonchev–Trinajstić information content (AvgIpc) is 2.53. The molecule has 0 aliphatic heterocycles. The Bertz CT molecular complexity index is 688. The van der Waals surface area contributed by atoms with Gasteiger partial charge in [0.05, 0.1) is 19.8 Å². The number of ether oxygens (including phenoxy) is 2. The van der Waals surface area contributed by atoms with Gasteiger partial charge in [-0.2, -0.15) is 0 Å². The fourth-order valence-electron chi connectivity index (χ4n) is 2.03. The molecule has 0 fully saturated rings. The minimum Gasteiger partial charge on any atom is -0.493 e. The van der Waals surface area contributed by atoms with Gasteiger partial charge in [-0.1, -0.05) is 6.07 Å². The Morgan fingerprint density at radius 2 is 2.09 bits per heavy atom. The highest BCUT2D eigenvalue weighted by atomic mass is 16.5. The molecule has 1 aromatic heterocycles. The Hall–Kier alpha value is -2.83. The first kappa shape index (κ1) is 15.6. The molecule has 0 atom stereocenters. The van der Waals surface area contributed by atoms with E-state index in [1.807, 2.05) is 6.92 Å². The zero-order valence-corrected chi connectivity index (χ0v) is 12.6. The van der Waals surface area contributed by atoms with E-state index >= 15 is 0 Å². The van der Waals surface area contributed by atoms with E-state index in [0.29, 0.717) is 29.4 Å². The maximum absolute atomic E-state index is 11.2. The number of hydrogen-bond donors (Lipinski definition) is 2. The lowest BCUT2D eigenvalue weighted by molar-refractivity contribution is 0.0697. The number of para-hydroxylation sites is 1. The van der Waals surface area contributed by atoms with Crippen LogP contribution in [0.4, 0.5) is 5.82 Å². The molecule has 0 radical (unpaired) electrons. The summed E-state index contributed by atoms with van der Waals surface area (Å²) in [5, 5.41) is 12.1. The number of nitrogens with zero attached hydrogens (tertiary/aromatic N) is 2. The molecule has 0 aliphatic rings. The molecule has 7 heteroatoms. The van der Waals surface area contributed by atoms with Crippen molar-refractivity contribution in [1.82, 2.24) is 9.97 Å². The molecule has 0 saturated heterocycles. The van der Waals surface area contributed by atoms with Crippen molar-refractivity contribution in [1.29, 1.82) is 0 Å². The zero-order valence-electron chi connectivity index (χ0n) is 12.6. The summed E-state index contributed by atoms with van der Waals surface area (Å²) < 4.78 is 10.6. The minimum absolute atomic E-state index is 0.0208. The van der Waals surface area contributed by atoms with Crippen LogP contribution in [0.2, 0.25) is 0 Å². The van der Waals surface area contributed by atoms with Gasteiger partial charge in [0.1, 0.15) is 11.4 Å². The number of aromatic nitrogens is 2. The summed E-state index contributed by atoms with van der Waals surface area (Å²) in [4.78, 5) is 19.6. The van der Waals surface area contributed by atoms with Crippen LogP contribution in [0.5, 0.6) is 11.5 Å². The summed E-state index contributed by atoms with van der Waals surface area (Å²) >= 11 is 0. The number of aromatic carboxylic acids is 1. The van der Waals surface area contributed by atoms with Gasteiger partial charge in [0.25, 0.3) is 0 Å². The quantitative estimate of drug-likeness (QED) is 0.845. The van der Waals surface area contributed by atoms with Crippen LogP contribution in [0, 0.1) is 0 Å². The summed E-state index contributed by atoms with van der Waals surface area (Å²) in [6, 6.07) is 5.34. The second-order valence-corrected chi connectivity index (χ2v) is 4.33. The molecule has 0 saturated carbocycles. The van der Waals surface area contributed by atoms with Crippen molar-refractivity contribution in [3.63, 3.8) is 0 Å². The first-order valence-electron chi connectivity index (χ1n) is 6.67. The van der Waals surface area contributed by atoms with Gasteiger partial charge >= 0.3 is 5.97 Å². The van der Waals surface area contributed by atoms with Crippen LogP contribution in [-0.2, 0) is 0 Å². The summed E-state index contributed by atoms with van der Waals surface area (Å²) in [6.45, 7) is 2.41. The molecule has 0 amide bonds. The monoisotopic (exact) mass is 303 g/mol. The van der Waals surface area contributed by atoms with Gasteiger partial charge in [-0.3, -0.25) is 0 Å². The molecule has 1 heterocycles. The minimum atomic E-state index is -1.08. The highest BCUT2D eigenvalue weighted by Crippen LogP contribution is 2.36. The smallest absolute Gasteiger partial charge is 0.341 e. The lowest BCUT2D eigenvalue weighted by Gasteiger charge is -2.13. The molecular weight excluding hydrogens is 286 g/mol. The van der Waals surface area contributed by atoms with Gasteiger partial charge in [0.2, 0.25) is 0 Å². The second-order valence-electron chi connectivity index (χ2n) is 4.33. The summed E-state index contributed by atoms with van der Waals surface area (Å²) in [5.41, 5.74) is 0.644. The fraction of sp³-hybridized carbons (Fsp3) is 0.267. The molecule has 2 rings (SSSR count). The van der Waals surface area contributed by atoms with Gasteiger partial charge in [0.15, 0.2) is 17.3 Å². The standard InChI is InChI=1S/C15H17N3O4/c1-4-16-14-10(15(19)20)8-17-13(18-14)9-6-5-7-11(21-2)12(9)22-3/h5-8H,4H2,1-3H3,(H,19,20)(H,16,17,18). The Morgan fingerprint density at radius 3 is 2.68 bits per heavy atom. The number of nitrogens with one attached hydrogen (secondary N) is 1. The number of benzene rings is 1. The fourth-order valence-corrected chi connectivity index (χ4v) is 2.03. The third-order valence-electron chi connectivity index (χ3n) is 3.01. The first-order chi connectivity index (χ1) is 10.6. The Labute approximate surface area is 127 Å². The van der Waals surface area contributed by atoms with E-state index in [9.17, 15) is 9.90 Å². The number of methoxy groups -OCH3 is 2. The first-order valence-corrected chi connectivity index (χ1v) is 6.67. The SMILES string of the molecule is CCNc1nc(-c2cccc(OC)c2OC)ncc1C(=O)O. The molecule has 116 valence electrons. The molecule has 2 N–H and O–H groups in total. The van der Waals surface area contributed by atoms with Crippen molar-refractivity contribution < 1.29 is 19.4 Å². The molecule has 0 unspecified atom stereocenters. The van der Waals surface area contributed by atoms with E-state index in [1.54, 1.807) is 25.3 Å². The van der Waals surface area contributed by atoms with E-state index in [-0.39, 0.29) is 11.4 Å². The van der Waals surface area contributed by atoms with E-state index in [1.165, 1.54) is 13.3 Å². The lowest BCUT2D eigenvalue weighted by atomic mass is 10.1. The Balaban J connectivity index is 2.58. The third kappa shape index (κ3) is 2.93. The van der Waals surface area contributed by atoms with Gasteiger partial charge in [-0.05, 0) is 19.1 Å². The molecule has 7 nitrogen and oxygen atoms in total. The van der Waals surface area contributed by atoms with Gasteiger partial charge < -0.3 is 19.9 Å². The Kier molecular flexibility index (Phi) is 4.77. The van der Waals surface area contributed by atoms with Crippen LogP contribution in [-0.4, -0.2) is 41.8 Å². The normalized spacial score (nSPS) is 10.1. The lowest BCUT2D eigenvalue weighted by Crippen LogP contribution is -2.10. The van der Waals surface area contributed by atoms with Crippen LogP contribution in [0.15, 0.2) is 24.4 Å². The van der Waals surface area contributed by atoms with Gasteiger partial charge in [-0.25, -0.2) is 14.8 Å². The number of carbonyl (C=O) groups is 1. The Morgan fingerprint density at radius 1 is 1.32 bits per heavy atom. The number of carboxylic acid groups (broad SMARTS) is 1. The summed E-state index contributed by atoms with van der Waals surface area (Å²) in [6.07, 6.45) is 1.28. The van der Waals surface area contributed by atoms with Gasteiger partial charge in [-0.15, -0.1) is 0 Å². The number of anilines is 1. The van der Waals surface area contributed by atoms with Crippen molar-refractivity contribution in [2.45, 2.75) is 6.92 Å². The molecule has 0 spiro atoms. The molecule has 2 aromatic rings.